The first-order valence-corrected chi connectivity index (χ1v) is 16.6. The molecular weight excluding hydrogens is 574 g/mol. The first kappa shape index (κ1) is 31.6. The highest BCUT2D eigenvalue weighted by Gasteiger charge is 2.24. The molecule has 5 rings (SSSR count). The van der Waals surface area contributed by atoms with E-state index in [4.69, 9.17) is 21.6 Å². The number of hydrogen-bond donors (Lipinski definition) is 3. The van der Waals surface area contributed by atoms with Crippen molar-refractivity contribution < 1.29 is 5.11 Å². The van der Waals surface area contributed by atoms with E-state index in [9.17, 15) is 5.11 Å². The van der Waals surface area contributed by atoms with Crippen molar-refractivity contribution in [1.82, 2.24) is 15.3 Å². The van der Waals surface area contributed by atoms with Gasteiger partial charge in [-0.1, -0.05) is 61.8 Å². The van der Waals surface area contributed by atoms with Gasteiger partial charge in [0.15, 0.2) is 0 Å². The van der Waals surface area contributed by atoms with Gasteiger partial charge < -0.3 is 20.6 Å². The lowest BCUT2D eigenvalue weighted by atomic mass is 9.91. The van der Waals surface area contributed by atoms with Gasteiger partial charge in [0.2, 0.25) is 5.95 Å². The minimum absolute atomic E-state index is 0.215. The molecule has 2 atom stereocenters. The molecule has 1 aliphatic rings. The summed E-state index contributed by atoms with van der Waals surface area (Å²) in [6.45, 7) is 5.21. The van der Waals surface area contributed by atoms with Gasteiger partial charge in [-0.25, -0.2) is 4.98 Å². The second-order valence-corrected chi connectivity index (χ2v) is 14.0. The number of halogens is 1. The van der Waals surface area contributed by atoms with E-state index < -0.39 is 6.10 Å². The van der Waals surface area contributed by atoms with Crippen LogP contribution in [0.25, 0.3) is 10.9 Å². The van der Waals surface area contributed by atoms with Crippen molar-refractivity contribution in [2.75, 3.05) is 30.9 Å². The zero-order valence-corrected chi connectivity index (χ0v) is 27.2. The Morgan fingerprint density at radius 1 is 0.884 bits per heavy atom. The maximum atomic E-state index is 11.2. The Kier molecular flexibility index (Phi) is 10.8. The second-order valence-electron chi connectivity index (χ2n) is 12.2. The van der Waals surface area contributed by atoms with Crippen LogP contribution in [-0.4, -0.2) is 53.0 Å². The molecule has 1 aromatic heterocycles. The van der Waals surface area contributed by atoms with E-state index in [1.54, 1.807) is 0 Å². The van der Waals surface area contributed by atoms with Crippen LogP contribution in [0.1, 0.15) is 69.1 Å². The number of fused-ring (bicyclic) bond motifs is 1. The molecule has 0 amide bonds. The number of benzene rings is 3. The third-order valence-electron chi connectivity index (χ3n) is 8.29. The zero-order chi connectivity index (χ0) is 30.3. The van der Waals surface area contributed by atoms with Gasteiger partial charge in [0.1, 0.15) is 5.82 Å². The van der Waals surface area contributed by atoms with Crippen LogP contribution in [-0.2, 0) is 0 Å². The lowest BCUT2D eigenvalue weighted by Gasteiger charge is -2.31. The van der Waals surface area contributed by atoms with Gasteiger partial charge in [0.25, 0.3) is 0 Å². The summed E-state index contributed by atoms with van der Waals surface area (Å²) in [5.41, 5.74) is 3.23. The summed E-state index contributed by atoms with van der Waals surface area (Å²) in [5.74, 6) is 2.11. The summed E-state index contributed by atoms with van der Waals surface area (Å²) in [5, 5.41) is 20.7. The maximum absolute atomic E-state index is 11.2. The number of nitrogens with one attached hydrogen (secondary N) is 2. The molecule has 1 fully saturated rings. The molecule has 0 saturated heterocycles. The van der Waals surface area contributed by atoms with Gasteiger partial charge in [-0.3, -0.25) is 0 Å². The van der Waals surface area contributed by atoms with Crippen LogP contribution in [0, 0.1) is 0 Å². The van der Waals surface area contributed by atoms with Gasteiger partial charge in [-0.05, 0) is 85.5 Å². The molecule has 228 valence electrons. The number of aliphatic hydroxyl groups excluding tert-OH is 1. The molecule has 1 saturated carbocycles. The van der Waals surface area contributed by atoms with Gasteiger partial charge in [0.05, 0.1) is 11.6 Å². The minimum Gasteiger partial charge on any atom is -0.388 e. The molecule has 6 nitrogen and oxygen atoms in total. The molecule has 0 spiro atoms. The lowest BCUT2D eigenvalue weighted by Crippen LogP contribution is -2.40. The number of para-hydroxylation sites is 1. The zero-order valence-electron chi connectivity index (χ0n) is 25.6. The number of aliphatic hydroxyl groups is 1. The first-order chi connectivity index (χ1) is 20.7. The molecule has 1 aliphatic carbocycles. The third kappa shape index (κ3) is 8.63. The SMILES string of the molecule is CC(C)c1ccc(C(O)CC(CNC2CCC(Nc3nc(N(C)C)c4ccccc4n3)CC2)Sc2ccc(Cl)cc2)cc1. The fraction of sp³-hybridized carbons (Fsp3) is 0.429. The van der Waals surface area contributed by atoms with Gasteiger partial charge in [0, 0.05) is 53.3 Å². The van der Waals surface area contributed by atoms with Crippen molar-refractivity contribution in [3.05, 3.63) is 88.9 Å². The molecule has 1 heterocycles. The predicted molar refractivity (Wildman–Crippen MR) is 183 cm³/mol. The molecule has 0 bridgehead atoms. The third-order valence-corrected chi connectivity index (χ3v) is 9.78. The molecule has 4 aromatic rings. The Hall–Kier alpha value is -2.84. The van der Waals surface area contributed by atoms with E-state index in [1.807, 2.05) is 61.1 Å². The molecule has 3 aromatic carbocycles. The maximum Gasteiger partial charge on any atom is 0.225 e. The summed E-state index contributed by atoms with van der Waals surface area (Å²) in [7, 11) is 4.05. The normalized spacial score (nSPS) is 18.5. The largest absolute Gasteiger partial charge is 0.388 e. The Balaban J connectivity index is 1.18. The highest BCUT2D eigenvalue weighted by molar-refractivity contribution is 8.00. The number of anilines is 2. The molecule has 8 heteroatoms. The Labute approximate surface area is 265 Å². The minimum atomic E-state index is -0.512. The first-order valence-electron chi connectivity index (χ1n) is 15.4. The summed E-state index contributed by atoms with van der Waals surface area (Å²) in [6.07, 6.45) is 4.45. The molecule has 2 unspecified atom stereocenters. The summed E-state index contributed by atoms with van der Waals surface area (Å²) in [4.78, 5) is 12.9. The van der Waals surface area contributed by atoms with Crippen LogP contribution in [0.2, 0.25) is 5.02 Å². The summed E-state index contributed by atoms with van der Waals surface area (Å²) >= 11 is 7.95. The number of aromatic nitrogens is 2. The smallest absolute Gasteiger partial charge is 0.225 e. The summed E-state index contributed by atoms with van der Waals surface area (Å²) < 4.78 is 0. The highest BCUT2D eigenvalue weighted by atomic mass is 35.5. The fourth-order valence-electron chi connectivity index (χ4n) is 5.75. The molecule has 0 radical (unpaired) electrons. The number of thioether (sulfide) groups is 1. The lowest BCUT2D eigenvalue weighted by molar-refractivity contribution is 0.165. The van der Waals surface area contributed by atoms with Crippen molar-refractivity contribution in [1.29, 1.82) is 0 Å². The van der Waals surface area contributed by atoms with E-state index in [0.717, 1.165) is 59.5 Å². The average molecular weight is 618 g/mol. The van der Waals surface area contributed by atoms with Crippen LogP contribution < -0.4 is 15.5 Å². The van der Waals surface area contributed by atoms with E-state index in [0.29, 0.717) is 30.4 Å². The molecular formula is C35H44ClN5OS. The van der Waals surface area contributed by atoms with Crippen LogP contribution in [0.3, 0.4) is 0 Å². The monoisotopic (exact) mass is 617 g/mol. The number of nitrogens with zero attached hydrogens (tertiary/aromatic N) is 3. The van der Waals surface area contributed by atoms with E-state index in [1.165, 1.54) is 10.5 Å². The van der Waals surface area contributed by atoms with E-state index in [2.05, 4.69) is 66.9 Å². The Morgan fingerprint density at radius 2 is 1.53 bits per heavy atom. The molecule has 43 heavy (non-hydrogen) atoms. The van der Waals surface area contributed by atoms with E-state index in [-0.39, 0.29) is 5.25 Å². The topological polar surface area (TPSA) is 73.3 Å². The van der Waals surface area contributed by atoms with Crippen molar-refractivity contribution in [2.24, 2.45) is 0 Å². The van der Waals surface area contributed by atoms with Crippen molar-refractivity contribution in [2.45, 2.75) is 80.2 Å². The van der Waals surface area contributed by atoms with Crippen LogP contribution in [0.5, 0.6) is 0 Å². The van der Waals surface area contributed by atoms with Crippen LogP contribution in [0.4, 0.5) is 11.8 Å². The quantitative estimate of drug-likeness (QED) is 0.139. The standard InChI is InChI=1S/C35H44ClN5OS/c1-23(2)24-9-11-25(12-10-24)33(42)21-30(43-29-19-13-26(36)14-20-29)22-37-27-15-17-28(18-16-27)38-35-39-32-8-6-5-7-31(32)34(40-35)41(3)4/h5-14,19-20,23,27-28,30,33,37,42H,15-18,21-22H2,1-4H3,(H,38,39,40). The second kappa shape index (κ2) is 14.8. The predicted octanol–water partition coefficient (Wildman–Crippen LogP) is 8.07. The van der Waals surface area contributed by atoms with Gasteiger partial charge >= 0.3 is 0 Å². The van der Waals surface area contributed by atoms with Crippen LogP contribution >= 0.6 is 23.4 Å². The number of hydrogen-bond acceptors (Lipinski definition) is 7. The van der Waals surface area contributed by atoms with Crippen LogP contribution in [0.15, 0.2) is 77.7 Å². The highest BCUT2D eigenvalue weighted by Crippen LogP contribution is 2.32. The number of rotatable bonds is 12. The molecule has 0 aliphatic heterocycles. The van der Waals surface area contributed by atoms with Gasteiger partial charge in [-0.15, -0.1) is 11.8 Å². The van der Waals surface area contributed by atoms with Crippen molar-refractivity contribution >= 4 is 46.0 Å². The summed E-state index contributed by atoms with van der Waals surface area (Å²) in [6, 6.07) is 25.4. The fourth-order valence-corrected chi connectivity index (χ4v) is 7.02. The Bertz CT molecular complexity index is 1460. The van der Waals surface area contributed by atoms with Crippen molar-refractivity contribution in [3.63, 3.8) is 0 Å². The Morgan fingerprint density at radius 3 is 2.21 bits per heavy atom. The van der Waals surface area contributed by atoms with Gasteiger partial charge in [-0.2, -0.15) is 4.98 Å². The van der Waals surface area contributed by atoms with Crippen molar-refractivity contribution in [3.8, 4) is 0 Å². The molecule has 3 N–H and O–H groups in total. The average Bonchev–Trinajstić information content (AvgIpc) is 3.01. The van der Waals surface area contributed by atoms with E-state index >= 15 is 0 Å².